The van der Waals surface area contributed by atoms with Crippen LogP contribution in [-0.4, -0.2) is 33.9 Å². The highest BCUT2D eigenvalue weighted by atomic mass is 35.5. The number of aromatic amines is 1. The molecule has 1 amide bonds. The van der Waals surface area contributed by atoms with Crippen LogP contribution in [0.3, 0.4) is 0 Å². The van der Waals surface area contributed by atoms with E-state index in [9.17, 15) is 9.59 Å². The molecule has 3 aromatic rings. The molecule has 1 heterocycles. The standard InChI is InChI=1S/C21H22ClN3O3/c1-3-25(20(26)10-11-28-16-7-4-14(2)5-8-16)13-19-23-18-12-15(22)6-9-17(18)21(27)24-19/h4-9,12H,3,10-11,13H2,1-2H3,(H,23,24,27). The van der Waals surface area contributed by atoms with E-state index in [1.54, 1.807) is 23.1 Å². The summed E-state index contributed by atoms with van der Waals surface area (Å²) >= 11 is 5.99. The third kappa shape index (κ3) is 4.89. The molecule has 0 spiro atoms. The van der Waals surface area contributed by atoms with E-state index in [2.05, 4.69) is 9.97 Å². The first kappa shape index (κ1) is 19.9. The fourth-order valence-corrected chi connectivity index (χ4v) is 3.01. The van der Waals surface area contributed by atoms with Gasteiger partial charge >= 0.3 is 0 Å². The molecule has 6 nitrogen and oxygen atoms in total. The lowest BCUT2D eigenvalue weighted by atomic mass is 10.2. The predicted octanol–water partition coefficient (Wildman–Crippen LogP) is 3.70. The molecule has 0 unspecified atom stereocenters. The maximum absolute atomic E-state index is 12.5. The predicted molar refractivity (Wildman–Crippen MR) is 110 cm³/mol. The molecule has 7 heteroatoms. The van der Waals surface area contributed by atoms with Gasteiger partial charge in [-0.2, -0.15) is 0 Å². The monoisotopic (exact) mass is 399 g/mol. The Kier molecular flexibility index (Phi) is 6.31. The summed E-state index contributed by atoms with van der Waals surface area (Å²) in [7, 11) is 0. The van der Waals surface area contributed by atoms with Gasteiger partial charge in [-0.15, -0.1) is 0 Å². The third-order valence-corrected chi connectivity index (χ3v) is 4.63. The van der Waals surface area contributed by atoms with Crippen LogP contribution < -0.4 is 10.3 Å². The second kappa shape index (κ2) is 8.89. The number of amides is 1. The van der Waals surface area contributed by atoms with Gasteiger partial charge in [0.05, 0.1) is 30.5 Å². The van der Waals surface area contributed by atoms with E-state index < -0.39 is 0 Å². The SMILES string of the molecule is CCN(Cc1nc2cc(Cl)ccc2c(=O)[nH]1)C(=O)CCOc1ccc(C)cc1. The van der Waals surface area contributed by atoms with Gasteiger partial charge in [0, 0.05) is 11.6 Å². The Hall–Kier alpha value is -2.86. The van der Waals surface area contributed by atoms with E-state index in [0.717, 1.165) is 11.3 Å². The number of carbonyl (C=O) groups excluding carboxylic acids is 1. The van der Waals surface area contributed by atoms with E-state index in [4.69, 9.17) is 16.3 Å². The number of H-pyrrole nitrogens is 1. The Balaban J connectivity index is 1.64. The molecule has 0 radical (unpaired) electrons. The van der Waals surface area contributed by atoms with Gasteiger partial charge in [-0.25, -0.2) is 4.98 Å². The molecule has 146 valence electrons. The first-order valence-corrected chi connectivity index (χ1v) is 9.49. The molecule has 1 aromatic heterocycles. The lowest BCUT2D eigenvalue weighted by Gasteiger charge is -2.20. The second-order valence-corrected chi connectivity index (χ2v) is 6.93. The second-order valence-electron chi connectivity index (χ2n) is 6.49. The molecule has 0 aliphatic heterocycles. The summed E-state index contributed by atoms with van der Waals surface area (Å²) in [6.07, 6.45) is 0.241. The maximum Gasteiger partial charge on any atom is 0.258 e. The summed E-state index contributed by atoms with van der Waals surface area (Å²) < 4.78 is 5.63. The minimum absolute atomic E-state index is 0.0662. The average Bonchev–Trinajstić information content (AvgIpc) is 2.67. The van der Waals surface area contributed by atoms with Gasteiger partial charge in [-0.1, -0.05) is 29.3 Å². The number of fused-ring (bicyclic) bond motifs is 1. The Bertz CT molecular complexity index is 1030. The molecular formula is C21H22ClN3O3. The van der Waals surface area contributed by atoms with Crippen molar-refractivity contribution in [2.45, 2.75) is 26.8 Å². The minimum atomic E-state index is -0.247. The zero-order chi connectivity index (χ0) is 20.1. The van der Waals surface area contributed by atoms with E-state index >= 15 is 0 Å². The van der Waals surface area contributed by atoms with Gasteiger partial charge in [0.1, 0.15) is 11.6 Å². The number of benzene rings is 2. The molecule has 0 aliphatic carbocycles. The van der Waals surface area contributed by atoms with Crippen molar-refractivity contribution in [3.63, 3.8) is 0 Å². The van der Waals surface area contributed by atoms with E-state index in [-0.39, 0.29) is 31.0 Å². The van der Waals surface area contributed by atoms with Crippen molar-refractivity contribution in [1.29, 1.82) is 0 Å². The highest BCUT2D eigenvalue weighted by Crippen LogP contribution is 2.15. The van der Waals surface area contributed by atoms with Gasteiger partial charge in [-0.05, 0) is 44.2 Å². The van der Waals surface area contributed by atoms with Crippen LogP contribution in [0.5, 0.6) is 5.75 Å². The van der Waals surface area contributed by atoms with Gasteiger partial charge < -0.3 is 14.6 Å². The van der Waals surface area contributed by atoms with Crippen LogP contribution >= 0.6 is 11.6 Å². The average molecular weight is 400 g/mol. The molecule has 0 fully saturated rings. The molecule has 0 bridgehead atoms. The van der Waals surface area contributed by atoms with Crippen molar-refractivity contribution in [2.24, 2.45) is 0 Å². The Morgan fingerprint density at radius 3 is 2.68 bits per heavy atom. The summed E-state index contributed by atoms with van der Waals surface area (Å²) in [5, 5.41) is 0.974. The first-order valence-electron chi connectivity index (χ1n) is 9.12. The van der Waals surface area contributed by atoms with E-state index in [1.807, 2.05) is 38.1 Å². The number of nitrogens with one attached hydrogen (secondary N) is 1. The number of aromatic nitrogens is 2. The van der Waals surface area contributed by atoms with Crippen LogP contribution in [0.2, 0.25) is 5.02 Å². The van der Waals surface area contributed by atoms with Crippen molar-refractivity contribution < 1.29 is 9.53 Å². The van der Waals surface area contributed by atoms with Crippen LogP contribution in [-0.2, 0) is 11.3 Å². The Labute approximate surface area is 168 Å². The van der Waals surface area contributed by atoms with Crippen molar-refractivity contribution in [1.82, 2.24) is 14.9 Å². The van der Waals surface area contributed by atoms with Crippen LogP contribution in [0, 0.1) is 6.92 Å². The summed E-state index contributed by atoms with van der Waals surface area (Å²) in [5.41, 5.74) is 1.42. The minimum Gasteiger partial charge on any atom is -0.493 e. The molecule has 0 aliphatic rings. The smallest absolute Gasteiger partial charge is 0.258 e. The summed E-state index contributed by atoms with van der Waals surface area (Å²) in [4.78, 5) is 33.6. The molecule has 0 atom stereocenters. The number of aryl methyl sites for hydroxylation is 1. The van der Waals surface area contributed by atoms with Crippen molar-refractivity contribution >= 4 is 28.4 Å². The molecule has 2 aromatic carbocycles. The van der Waals surface area contributed by atoms with Crippen molar-refractivity contribution in [3.05, 3.63) is 69.2 Å². The molecule has 28 heavy (non-hydrogen) atoms. The number of carbonyl (C=O) groups is 1. The Morgan fingerprint density at radius 1 is 1.21 bits per heavy atom. The largest absolute Gasteiger partial charge is 0.493 e. The van der Waals surface area contributed by atoms with Gasteiger partial charge in [0.2, 0.25) is 5.91 Å². The van der Waals surface area contributed by atoms with Crippen LogP contribution in [0.15, 0.2) is 47.3 Å². The Morgan fingerprint density at radius 2 is 1.96 bits per heavy atom. The third-order valence-electron chi connectivity index (χ3n) is 4.40. The van der Waals surface area contributed by atoms with Crippen LogP contribution in [0.25, 0.3) is 10.9 Å². The number of rotatable bonds is 7. The zero-order valence-corrected chi connectivity index (χ0v) is 16.6. The molecule has 0 saturated carbocycles. The van der Waals surface area contributed by atoms with Gasteiger partial charge in [-0.3, -0.25) is 9.59 Å². The lowest BCUT2D eigenvalue weighted by molar-refractivity contribution is -0.132. The lowest BCUT2D eigenvalue weighted by Crippen LogP contribution is -2.32. The summed E-state index contributed by atoms with van der Waals surface area (Å²) in [6.45, 7) is 4.90. The normalized spacial score (nSPS) is 10.8. The highest BCUT2D eigenvalue weighted by Gasteiger charge is 2.14. The quantitative estimate of drug-likeness (QED) is 0.657. The fraction of sp³-hybridized carbons (Fsp3) is 0.286. The van der Waals surface area contributed by atoms with Crippen molar-refractivity contribution in [2.75, 3.05) is 13.2 Å². The summed E-state index contributed by atoms with van der Waals surface area (Å²) in [6, 6.07) is 12.6. The van der Waals surface area contributed by atoms with Gasteiger partial charge in [0.25, 0.3) is 5.56 Å². The molecule has 3 rings (SSSR count). The van der Waals surface area contributed by atoms with Gasteiger partial charge in [0.15, 0.2) is 0 Å². The number of hydrogen-bond donors (Lipinski definition) is 1. The fourth-order valence-electron chi connectivity index (χ4n) is 2.84. The summed E-state index contributed by atoms with van der Waals surface area (Å²) in [5.74, 6) is 1.09. The molecule has 1 N–H and O–H groups in total. The number of ether oxygens (including phenoxy) is 1. The topological polar surface area (TPSA) is 75.3 Å². The maximum atomic E-state index is 12.5. The highest BCUT2D eigenvalue weighted by molar-refractivity contribution is 6.31. The van der Waals surface area contributed by atoms with Crippen molar-refractivity contribution in [3.8, 4) is 5.75 Å². The number of nitrogens with zero attached hydrogens (tertiary/aromatic N) is 2. The molecule has 0 saturated heterocycles. The first-order chi connectivity index (χ1) is 13.5. The van der Waals surface area contributed by atoms with E-state index in [1.165, 1.54) is 0 Å². The number of hydrogen-bond acceptors (Lipinski definition) is 4. The zero-order valence-electron chi connectivity index (χ0n) is 15.9. The van der Waals surface area contributed by atoms with E-state index in [0.29, 0.717) is 28.3 Å². The van der Waals surface area contributed by atoms with Crippen LogP contribution in [0.1, 0.15) is 24.7 Å². The molecular weight excluding hydrogens is 378 g/mol. The van der Waals surface area contributed by atoms with Crippen LogP contribution in [0.4, 0.5) is 0 Å². The number of halogens is 1.